The summed E-state index contributed by atoms with van der Waals surface area (Å²) >= 11 is 6.24. The first-order valence-corrected chi connectivity index (χ1v) is 13.2. The molecule has 0 heterocycles. The molecule has 0 aliphatic rings. The largest absolute Gasteiger partial charge is 0.481 e. The SMILES string of the molecule is CCCC(c1ccc(C(=O)NCCC(=O)O)cc1)C(c1ccc(Cl)cc1)c1cccc2c(F)ccc(C)c12. The monoisotopic (exact) mass is 531 g/mol. The van der Waals surface area contributed by atoms with Gasteiger partial charge in [-0.25, -0.2) is 4.39 Å². The first-order valence-electron chi connectivity index (χ1n) is 12.8. The smallest absolute Gasteiger partial charge is 0.305 e. The van der Waals surface area contributed by atoms with Crippen LogP contribution in [0.15, 0.2) is 78.9 Å². The van der Waals surface area contributed by atoms with Crippen molar-refractivity contribution in [1.82, 2.24) is 5.32 Å². The Labute approximate surface area is 227 Å². The lowest BCUT2D eigenvalue weighted by Gasteiger charge is -2.30. The number of fused-ring (bicyclic) bond motifs is 1. The van der Waals surface area contributed by atoms with Crippen molar-refractivity contribution in [3.63, 3.8) is 0 Å². The van der Waals surface area contributed by atoms with E-state index >= 15 is 0 Å². The molecule has 38 heavy (non-hydrogen) atoms. The fourth-order valence-corrected chi connectivity index (χ4v) is 5.37. The fraction of sp³-hybridized carbons (Fsp3) is 0.250. The third-order valence-corrected chi connectivity index (χ3v) is 7.27. The summed E-state index contributed by atoms with van der Waals surface area (Å²) in [6.45, 7) is 4.23. The van der Waals surface area contributed by atoms with Gasteiger partial charge in [0.1, 0.15) is 5.82 Å². The molecule has 0 fully saturated rings. The summed E-state index contributed by atoms with van der Waals surface area (Å²) < 4.78 is 14.9. The molecule has 1 amide bonds. The number of aryl methyl sites for hydroxylation is 1. The maximum Gasteiger partial charge on any atom is 0.305 e. The van der Waals surface area contributed by atoms with Crippen molar-refractivity contribution < 1.29 is 19.1 Å². The maximum atomic E-state index is 14.9. The molecule has 0 saturated heterocycles. The Bertz CT molecular complexity index is 1430. The highest BCUT2D eigenvalue weighted by Gasteiger charge is 2.28. The summed E-state index contributed by atoms with van der Waals surface area (Å²) in [4.78, 5) is 23.3. The second-order valence-electron chi connectivity index (χ2n) is 9.58. The maximum absolute atomic E-state index is 14.9. The Hall–Kier alpha value is -3.70. The molecule has 0 aliphatic heterocycles. The van der Waals surface area contributed by atoms with Gasteiger partial charge in [-0.05, 0) is 77.2 Å². The third kappa shape index (κ3) is 6.05. The number of carbonyl (C=O) groups is 2. The van der Waals surface area contributed by atoms with Crippen molar-refractivity contribution in [2.24, 2.45) is 0 Å². The van der Waals surface area contributed by atoms with Crippen molar-refractivity contribution in [3.8, 4) is 0 Å². The van der Waals surface area contributed by atoms with E-state index in [9.17, 15) is 14.0 Å². The normalized spacial score (nSPS) is 12.7. The number of halogens is 2. The fourth-order valence-electron chi connectivity index (χ4n) is 5.24. The molecule has 4 aromatic carbocycles. The van der Waals surface area contributed by atoms with Gasteiger partial charge in [0.05, 0.1) is 6.42 Å². The molecule has 0 spiro atoms. The number of hydrogen-bond acceptors (Lipinski definition) is 2. The molecular formula is C32H31ClFNO3. The van der Waals surface area contributed by atoms with Crippen molar-refractivity contribution in [2.45, 2.75) is 44.9 Å². The predicted octanol–water partition coefficient (Wildman–Crippen LogP) is 7.86. The minimum atomic E-state index is -0.958. The van der Waals surface area contributed by atoms with E-state index in [1.54, 1.807) is 12.1 Å². The molecular weight excluding hydrogens is 501 g/mol. The Kier molecular flexibility index (Phi) is 8.80. The number of benzene rings is 4. The van der Waals surface area contributed by atoms with Gasteiger partial charge in [-0.3, -0.25) is 9.59 Å². The van der Waals surface area contributed by atoms with Crippen LogP contribution in [0.2, 0.25) is 5.02 Å². The standard InChI is InChI=1S/C32H31ClFNO3/c1-3-5-25(21-9-11-23(12-10-21)32(38)35-19-18-29(36)37)31(22-13-15-24(33)16-14-22)27-7-4-6-26-28(34)17-8-20(2)30(26)27/h4,6-17,25,31H,3,5,18-19H2,1-2H3,(H,35,38)(H,36,37). The zero-order chi connectivity index (χ0) is 27.2. The Morgan fingerprint density at radius 2 is 1.63 bits per heavy atom. The van der Waals surface area contributed by atoms with Crippen molar-refractivity contribution >= 4 is 34.2 Å². The van der Waals surface area contributed by atoms with Crippen molar-refractivity contribution in [3.05, 3.63) is 118 Å². The van der Waals surface area contributed by atoms with Gasteiger partial charge in [-0.15, -0.1) is 0 Å². The summed E-state index contributed by atoms with van der Waals surface area (Å²) in [6.07, 6.45) is 1.68. The summed E-state index contributed by atoms with van der Waals surface area (Å²) in [5.74, 6) is -1.53. The lowest BCUT2D eigenvalue weighted by Crippen LogP contribution is -2.26. The van der Waals surface area contributed by atoms with Crippen molar-refractivity contribution in [1.29, 1.82) is 0 Å². The molecule has 0 aliphatic carbocycles. The third-order valence-electron chi connectivity index (χ3n) is 7.02. The summed E-state index contributed by atoms with van der Waals surface area (Å²) in [5.41, 5.74) is 4.69. The summed E-state index contributed by atoms with van der Waals surface area (Å²) in [7, 11) is 0. The number of carboxylic acids is 1. The van der Waals surface area contributed by atoms with Gasteiger partial charge in [0, 0.05) is 28.4 Å². The topological polar surface area (TPSA) is 66.4 Å². The summed E-state index contributed by atoms with van der Waals surface area (Å²) in [5, 5.41) is 13.6. The highest BCUT2D eigenvalue weighted by Crippen LogP contribution is 2.44. The molecule has 0 bridgehead atoms. The van der Waals surface area contributed by atoms with Crippen LogP contribution in [0.1, 0.15) is 70.6 Å². The van der Waals surface area contributed by atoms with Crippen LogP contribution in [0.25, 0.3) is 10.8 Å². The van der Waals surface area contributed by atoms with E-state index in [0.29, 0.717) is 16.0 Å². The van der Waals surface area contributed by atoms with Crippen LogP contribution in [0.5, 0.6) is 0 Å². The van der Waals surface area contributed by atoms with Crippen LogP contribution in [0, 0.1) is 12.7 Å². The average Bonchev–Trinajstić information content (AvgIpc) is 2.91. The van der Waals surface area contributed by atoms with E-state index in [2.05, 4.69) is 18.3 Å². The number of aliphatic carboxylic acids is 1. The second-order valence-corrected chi connectivity index (χ2v) is 10.0. The van der Waals surface area contributed by atoms with Gasteiger partial charge >= 0.3 is 5.97 Å². The van der Waals surface area contributed by atoms with Crippen LogP contribution in [-0.2, 0) is 4.79 Å². The minimum Gasteiger partial charge on any atom is -0.481 e. The van der Waals surface area contributed by atoms with E-state index < -0.39 is 5.97 Å². The second kappa shape index (κ2) is 12.2. The number of carboxylic acid groups (broad SMARTS) is 1. The van der Waals surface area contributed by atoms with Crippen LogP contribution in [-0.4, -0.2) is 23.5 Å². The zero-order valence-corrected chi connectivity index (χ0v) is 22.3. The predicted molar refractivity (Wildman–Crippen MR) is 151 cm³/mol. The quantitative estimate of drug-likeness (QED) is 0.219. The lowest BCUT2D eigenvalue weighted by atomic mass is 9.73. The number of nitrogens with one attached hydrogen (secondary N) is 1. The molecule has 2 N–H and O–H groups in total. The zero-order valence-electron chi connectivity index (χ0n) is 21.5. The first kappa shape index (κ1) is 27.3. The van der Waals surface area contributed by atoms with E-state index in [1.807, 2.05) is 61.5 Å². The van der Waals surface area contributed by atoms with E-state index in [1.165, 1.54) is 6.07 Å². The highest BCUT2D eigenvalue weighted by atomic mass is 35.5. The highest BCUT2D eigenvalue weighted by molar-refractivity contribution is 6.30. The molecule has 2 unspecified atom stereocenters. The molecule has 0 aromatic heterocycles. The van der Waals surface area contributed by atoms with Gasteiger partial charge in [-0.1, -0.05) is 73.5 Å². The molecule has 4 rings (SSSR count). The number of rotatable bonds is 10. The van der Waals surface area contributed by atoms with Crippen LogP contribution in [0.3, 0.4) is 0 Å². The van der Waals surface area contributed by atoms with Crippen LogP contribution >= 0.6 is 11.6 Å². The first-order chi connectivity index (χ1) is 18.3. The number of carbonyl (C=O) groups excluding carboxylic acids is 1. The van der Waals surface area contributed by atoms with Gasteiger partial charge in [0.25, 0.3) is 5.91 Å². The van der Waals surface area contributed by atoms with Gasteiger partial charge < -0.3 is 10.4 Å². The van der Waals surface area contributed by atoms with Crippen molar-refractivity contribution in [2.75, 3.05) is 6.54 Å². The molecule has 6 heteroatoms. The van der Waals surface area contributed by atoms with Gasteiger partial charge in [0.2, 0.25) is 0 Å². The molecule has 4 nitrogen and oxygen atoms in total. The molecule has 196 valence electrons. The van der Waals surface area contributed by atoms with E-state index in [0.717, 1.165) is 40.5 Å². The molecule has 4 aromatic rings. The van der Waals surface area contributed by atoms with Gasteiger partial charge in [-0.2, -0.15) is 0 Å². The average molecular weight is 532 g/mol. The number of amides is 1. The van der Waals surface area contributed by atoms with Crippen LogP contribution in [0.4, 0.5) is 4.39 Å². The van der Waals surface area contributed by atoms with E-state index in [-0.39, 0.29) is 36.5 Å². The van der Waals surface area contributed by atoms with E-state index in [4.69, 9.17) is 16.7 Å². The Morgan fingerprint density at radius 1 is 0.947 bits per heavy atom. The van der Waals surface area contributed by atoms with Crippen LogP contribution < -0.4 is 5.32 Å². The lowest BCUT2D eigenvalue weighted by molar-refractivity contribution is -0.136. The van der Waals surface area contributed by atoms with Gasteiger partial charge in [0.15, 0.2) is 0 Å². The number of hydrogen-bond donors (Lipinski definition) is 2. The molecule has 0 radical (unpaired) electrons. The Balaban J connectivity index is 1.80. The minimum absolute atomic E-state index is 0.0542. The Morgan fingerprint density at radius 3 is 2.29 bits per heavy atom. The molecule has 2 atom stereocenters. The molecule has 0 saturated carbocycles. The summed E-state index contributed by atoms with van der Waals surface area (Å²) in [6, 6.07) is 24.5.